The van der Waals surface area contributed by atoms with E-state index < -0.39 is 0 Å². The molecule has 0 unspecified atom stereocenters. The second-order valence-corrected chi connectivity index (χ2v) is 4.08. The van der Waals surface area contributed by atoms with Crippen molar-refractivity contribution in [2.75, 3.05) is 6.61 Å². The van der Waals surface area contributed by atoms with Crippen molar-refractivity contribution >= 4 is 11.7 Å². The Labute approximate surface area is 112 Å². The molecule has 0 N–H and O–H groups in total. The fourth-order valence-corrected chi connectivity index (χ4v) is 1.86. The van der Waals surface area contributed by atoms with Gasteiger partial charge in [0.05, 0.1) is 12.3 Å². The number of aryl methyl sites for hydroxylation is 1. The number of carbonyl (C=O) groups is 1. The summed E-state index contributed by atoms with van der Waals surface area (Å²) in [6.07, 6.45) is 1.59. The summed E-state index contributed by atoms with van der Waals surface area (Å²) in [5.41, 5.74) is 2.70. The highest BCUT2D eigenvalue weighted by Gasteiger charge is 2.19. The lowest BCUT2D eigenvalue weighted by atomic mass is 10.1. The molecule has 4 heteroatoms. The first-order chi connectivity index (χ1) is 9.15. The predicted octanol–water partition coefficient (Wildman–Crippen LogP) is 2.89. The SMILES string of the molecule is C=C(c1ccccc1)n1cnc(C)c1C(=O)OCC. The largest absolute Gasteiger partial charge is 0.461 e. The van der Waals surface area contributed by atoms with E-state index >= 15 is 0 Å². The summed E-state index contributed by atoms with van der Waals surface area (Å²) in [6, 6.07) is 9.66. The number of esters is 1. The number of hydrogen-bond donors (Lipinski definition) is 0. The standard InChI is InChI=1S/C15H16N2O2/c1-4-19-15(18)14-11(2)16-10-17(14)12(3)13-8-6-5-7-9-13/h5-10H,3-4H2,1-2H3. The zero-order valence-electron chi connectivity index (χ0n) is 11.1. The second kappa shape index (κ2) is 5.52. The lowest BCUT2D eigenvalue weighted by molar-refractivity contribution is 0.0516. The molecule has 0 fully saturated rings. The van der Waals surface area contributed by atoms with E-state index in [4.69, 9.17) is 4.74 Å². The monoisotopic (exact) mass is 256 g/mol. The molecule has 0 saturated carbocycles. The zero-order chi connectivity index (χ0) is 13.8. The molecular formula is C15H16N2O2. The molecule has 0 aliphatic carbocycles. The van der Waals surface area contributed by atoms with Crippen LogP contribution in [0.25, 0.3) is 5.70 Å². The Kier molecular flexibility index (Phi) is 3.80. The van der Waals surface area contributed by atoms with Crippen molar-refractivity contribution in [2.45, 2.75) is 13.8 Å². The molecule has 0 spiro atoms. The summed E-state index contributed by atoms with van der Waals surface area (Å²) in [5.74, 6) is -0.380. The van der Waals surface area contributed by atoms with Crippen LogP contribution in [0, 0.1) is 6.92 Å². The third-order valence-corrected chi connectivity index (χ3v) is 2.82. The highest BCUT2D eigenvalue weighted by molar-refractivity contribution is 5.90. The van der Waals surface area contributed by atoms with Crippen molar-refractivity contribution in [2.24, 2.45) is 0 Å². The summed E-state index contributed by atoms with van der Waals surface area (Å²) in [7, 11) is 0. The number of hydrogen-bond acceptors (Lipinski definition) is 3. The summed E-state index contributed by atoms with van der Waals surface area (Å²) in [6.45, 7) is 7.92. The molecule has 2 rings (SSSR count). The molecule has 4 nitrogen and oxygen atoms in total. The van der Waals surface area contributed by atoms with Crippen LogP contribution in [0.2, 0.25) is 0 Å². The van der Waals surface area contributed by atoms with Gasteiger partial charge in [-0.1, -0.05) is 36.9 Å². The number of benzene rings is 1. The minimum absolute atomic E-state index is 0.335. The first kappa shape index (κ1) is 13.1. The quantitative estimate of drug-likeness (QED) is 0.790. The maximum Gasteiger partial charge on any atom is 0.357 e. The van der Waals surface area contributed by atoms with E-state index in [0.29, 0.717) is 23.7 Å². The maximum absolute atomic E-state index is 12.0. The Balaban J connectivity index is 2.41. The molecule has 0 bridgehead atoms. The minimum atomic E-state index is -0.380. The normalized spacial score (nSPS) is 10.2. The molecule has 1 aromatic carbocycles. The van der Waals surface area contributed by atoms with Crippen LogP contribution in [0.3, 0.4) is 0 Å². The topological polar surface area (TPSA) is 44.1 Å². The predicted molar refractivity (Wildman–Crippen MR) is 73.8 cm³/mol. The number of rotatable bonds is 4. The fraction of sp³-hybridized carbons (Fsp3) is 0.200. The van der Waals surface area contributed by atoms with Gasteiger partial charge in [-0.3, -0.25) is 4.57 Å². The molecule has 1 heterocycles. The van der Waals surface area contributed by atoms with Crippen LogP contribution in [0.15, 0.2) is 43.2 Å². The van der Waals surface area contributed by atoms with Crippen LogP contribution in [-0.2, 0) is 4.74 Å². The lowest BCUT2D eigenvalue weighted by Crippen LogP contribution is -2.13. The van der Waals surface area contributed by atoms with Crippen molar-refractivity contribution in [3.05, 3.63) is 60.2 Å². The van der Waals surface area contributed by atoms with Gasteiger partial charge in [0.25, 0.3) is 0 Å². The number of aromatic nitrogens is 2. The molecule has 0 saturated heterocycles. The van der Waals surface area contributed by atoms with Gasteiger partial charge in [-0.2, -0.15) is 0 Å². The van der Waals surface area contributed by atoms with Crippen molar-refractivity contribution in [3.8, 4) is 0 Å². The van der Waals surface area contributed by atoms with E-state index in [-0.39, 0.29) is 5.97 Å². The Morgan fingerprint density at radius 1 is 1.37 bits per heavy atom. The third kappa shape index (κ3) is 2.57. The zero-order valence-corrected chi connectivity index (χ0v) is 11.1. The maximum atomic E-state index is 12.0. The first-order valence-electron chi connectivity index (χ1n) is 6.11. The number of imidazole rings is 1. The van der Waals surface area contributed by atoms with Gasteiger partial charge in [-0.05, 0) is 19.4 Å². The van der Waals surface area contributed by atoms with E-state index in [1.165, 1.54) is 0 Å². The molecule has 0 radical (unpaired) electrons. The van der Waals surface area contributed by atoms with Crippen LogP contribution in [0.4, 0.5) is 0 Å². The average molecular weight is 256 g/mol. The molecule has 0 aliphatic rings. The highest BCUT2D eigenvalue weighted by Crippen LogP contribution is 2.19. The van der Waals surface area contributed by atoms with Gasteiger partial charge in [-0.15, -0.1) is 0 Å². The molecule has 19 heavy (non-hydrogen) atoms. The van der Waals surface area contributed by atoms with Crippen molar-refractivity contribution in [3.63, 3.8) is 0 Å². The van der Waals surface area contributed by atoms with E-state index in [9.17, 15) is 4.79 Å². The number of nitrogens with zero attached hydrogens (tertiary/aromatic N) is 2. The van der Waals surface area contributed by atoms with Crippen molar-refractivity contribution in [1.82, 2.24) is 9.55 Å². The summed E-state index contributed by atoms with van der Waals surface area (Å²) in [5, 5.41) is 0. The van der Waals surface area contributed by atoms with Crippen LogP contribution in [-0.4, -0.2) is 22.1 Å². The van der Waals surface area contributed by atoms with Gasteiger partial charge >= 0.3 is 5.97 Å². The molecule has 1 aromatic heterocycles. The third-order valence-electron chi connectivity index (χ3n) is 2.82. The Hall–Kier alpha value is -2.36. The lowest BCUT2D eigenvalue weighted by Gasteiger charge is -2.11. The Morgan fingerprint density at radius 3 is 2.68 bits per heavy atom. The Morgan fingerprint density at radius 2 is 2.05 bits per heavy atom. The summed E-state index contributed by atoms with van der Waals surface area (Å²) >= 11 is 0. The van der Waals surface area contributed by atoms with Crippen LogP contribution in [0.1, 0.15) is 28.7 Å². The number of carbonyl (C=O) groups excluding carboxylic acids is 1. The van der Waals surface area contributed by atoms with Crippen LogP contribution >= 0.6 is 0 Å². The van der Waals surface area contributed by atoms with E-state index in [2.05, 4.69) is 11.6 Å². The van der Waals surface area contributed by atoms with E-state index in [1.54, 1.807) is 24.7 Å². The summed E-state index contributed by atoms with van der Waals surface area (Å²) < 4.78 is 6.72. The molecule has 0 amide bonds. The minimum Gasteiger partial charge on any atom is -0.461 e. The molecule has 0 atom stereocenters. The van der Waals surface area contributed by atoms with E-state index in [1.807, 2.05) is 30.3 Å². The smallest absolute Gasteiger partial charge is 0.357 e. The second-order valence-electron chi connectivity index (χ2n) is 4.08. The van der Waals surface area contributed by atoms with Gasteiger partial charge < -0.3 is 4.74 Å². The molecular weight excluding hydrogens is 240 g/mol. The van der Waals surface area contributed by atoms with Crippen LogP contribution < -0.4 is 0 Å². The Bertz CT molecular complexity index is 600. The molecule has 98 valence electrons. The van der Waals surface area contributed by atoms with Gasteiger partial charge in [0, 0.05) is 5.70 Å². The van der Waals surface area contributed by atoms with Crippen LogP contribution in [0.5, 0.6) is 0 Å². The molecule has 0 aliphatic heterocycles. The van der Waals surface area contributed by atoms with Gasteiger partial charge in [0.15, 0.2) is 5.69 Å². The van der Waals surface area contributed by atoms with Gasteiger partial charge in [0.1, 0.15) is 6.33 Å². The van der Waals surface area contributed by atoms with E-state index in [0.717, 1.165) is 5.56 Å². The highest BCUT2D eigenvalue weighted by atomic mass is 16.5. The van der Waals surface area contributed by atoms with Crippen molar-refractivity contribution in [1.29, 1.82) is 0 Å². The van der Waals surface area contributed by atoms with Gasteiger partial charge in [0.2, 0.25) is 0 Å². The molecule has 2 aromatic rings. The van der Waals surface area contributed by atoms with Gasteiger partial charge in [-0.25, -0.2) is 9.78 Å². The number of ether oxygens (including phenoxy) is 1. The average Bonchev–Trinajstić information content (AvgIpc) is 2.81. The van der Waals surface area contributed by atoms with Crippen molar-refractivity contribution < 1.29 is 9.53 Å². The fourth-order valence-electron chi connectivity index (χ4n) is 1.86. The summed E-state index contributed by atoms with van der Waals surface area (Å²) in [4.78, 5) is 16.1. The first-order valence-corrected chi connectivity index (χ1v) is 6.11.